The Balaban J connectivity index is 0.00000104. The Kier molecular flexibility index (Phi) is 7.16. The molecule has 0 spiro atoms. The lowest BCUT2D eigenvalue weighted by Crippen LogP contribution is -2.44. The molecule has 1 saturated heterocycles. The van der Waals surface area contributed by atoms with Gasteiger partial charge in [-0.1, -0.05) is 30.3 Å². The Labute approximate surface area is 159 Å². The van der Waals surface area contributed by atoms with Crippen molar-refractivity contribution in [3.05, 3.63) is 36.0 Å². The maximum Gasteiger partial charge on any atom is 0.161 e. The van der Waals surface area contributed by atoms with E-state index in [1.807, 2.05) is 17.8 Å². The molecule has 0 unspecified atom stereocenters. The van der Waals surface area contributed by atoms with Crippen LogP contribution in [-0.2, 0) is 6.42 Å². The van der Waals surface area contributed by atoms with E-state index in [0.717, 1.165) is 49.8 Å². The maximum absolute atomic E-state index is 4.95. The molecular weight excluding hydrogens is 363 g/mol. The largest absolute Gasteiger partial charge is 0.353 e. The van der Waals surface area contributed by atoms with Crippen molar-refractivity contribution >= 4 is 42.4 Å². The number of aryl methyl sites for hydroxylation is 1. The molecular formula is C17H22Cl2N4S. The second kappa shape index (κ2) is 8.90. The summed E-state index contributed by atoms with van der Waals surface area (Å²) in [4.78, 5) is 13.5. The van der Waals surface area contributed by atoms with Gasteiger partial charge in [-0.3, -0.25) is 0 Å². The topological polar surface area (TPSA) is 41.1 Å². The van der Waals surface area contributed by atoms with Gasteiger partial charge in [0.2, 0.25) is 0 Å². The number of hydrogen-bond donors (Lipinski definition) is 1. The van der Waals surface area contributed by atoms with Gasteiger partial charge in [-0.05, 0) is 18.6 Å². The highest BCUT2D eigenvalue weighted by atomic mass is 35.5. The molecule has 0 amide bonds. The highest BCUT2D eigenvalue weighted by Gasteiger charge is 2.23. The molecule has 4 nitrogen and oxygen atoms in total. The SMILES string of the molecule is Cl.Cl.c1ccc(-c2nc3c(c(N4CCNCC4)n2)SCCC3)cc1. The fraction of sp³-hybridized carbons (Fsp3) is 0.412. The monoisotopic (exact) mass is 384 g/mol. The van der Waals surface area contributed by atoms with Crippen LogP contribution in [0.25, 0.3) is 11.4 Å². The van der Waals surface area contributed by atoms with Crippen molar-refractivity contribution in [3.8, 4) is 11.4 Å². The third kappa shape index (κ3) is 3.97. The van der Waals surface area contributed by atoms with Crippen molar-refractivity contribution in [3.63, 3.8) is 0 Å². The van der Waals surface area contributed by atoms with Gasteiger partial charge < -0.3 is 10.2 Å². The predicted octanol–water partition coefficient (Wildman–Crippen LogP) is 3.44. The zero-order valence-corrected chi connectivity index (χ0v) is 15.9. The van der Waals surface area contributed by atoms with Gasteiger partial charge in [0.05, 0.1) is 10.6 Å². The minimum absolute atomic E-state index is 0. The molecule has 130 valence electrons. The van der Waals surface area contributed by atoms with Gasteiger partial charge in [-0.15, -0.1) is 36.6 Å². The summed E-state index contributed by atoms with van der Waals surface area (Å²) in [5.74, 6) is 3.20. The van der Waals surface area contributed by atoms with E-state index in [0.29, 0.717) is 0 Å². The summed E-state index contributed by atoms with van der Waals surface area (Å²) in [5.41, 5.74) is 2.34. The highest BCUT2D eigenvalue weighted by molar-refractivity contribution is 7.99. The zero-order valence-electron chi connectivity index (χ0n) is 13.4. The molecule has 24 heavy (non-hydrogen) atoms. The fourth-order valence-electron chi connectivity index (χ4n) is 3.02. The maximum atomic E-state index is 4.95. The molecule has 0 bridgehead atoms. The molecule has 2 aliphatic heterocycles. The first-order valence-electron chi connectivity index (χ1n) is 7.96. The summed E-state index contributed by atoms with van der Waals surface area (Å²) in [6, 6.07) is 10.3. The lowest BCUT2D eigenvalue weighted by Gasteiger charge is -2.31. The number of benzene rings is 1. The van der Waals surface area contributed by atoms with Crippen LogP contribution in [-0.4, -0.2) is 41.9 Å². The molecule has 3 heterocycles. The number of anilines is 1. The van der Waals surface area contributed by atoms with Crippen molar-refractivity contribution in [2.45, 2.75) is 17.7 Å². The zero-order chi connectivity index (χ0) is 14.8. The quantitative estimate of drug-likeness (QED) is 0.858. The third-order valence-corrected chi connectivity index (χ3v) is 5.37. The molecule has 2 aromatic rings. The van der Waals surface area contributed by atoms with E-state index >= 15 is 0 Å². The van der Waals surface area contributed by atoms with E-state index in [1.54, 1.807) is 0 Å². The Morgan fingerprint density at radius 2 is 1.75 bits per heavy atom. The van der Waals surface area contributed by atoms with Crippen molar-refractivity contribution in [2.24, 2.45) is 0 Å². The number of rotatable bonds is 2. The van der Waals surface area contributed by atoms with Crippen LogP contribution in [0, 0.1) is 0 Å². The average molecular weight is 385 g/mol. The lowest BCUT2D eigenvalue weighted by atomic mass is 10.1. The van der Waals surface area contributed by atoms with E-state index < -0.39 is 0 Å². The van der Waals surface area contributed by atoms with Crippen molar-refractivity contribution in [1.82, 2.24) is 15.3 Å². The minimum Gasteiger partial charge on any atom is -0.353 e. The number of thioether (sulfide) groups is 1. The predicted molar refractivity (Wildman–Crippen MR) is 106 cm³/mol. The number of nitrogens with zero attached hydrogens (tertiary/aromatic N) is 3. The van der Waals surface area contributed by atoms with Crippen LogP contribution in [0.2, 0.25) is 0 Å². The van der Waals surface area contributed by atoms with Gasteiger partial charge in [0.15, 0.2) is 5.82 Å². The first kappa shape index (κ1) is 19.3. The molecule has 0 saturated carbocycles. The van der Waals surface area contributed by atoms with Gasteiger partial charge >= 0.3 is 0 Å². The molecule has 0 radical (unpaired) electrons. The van der Waals surface area contributed by atoms with Crippen LogP contribution < -0.4 is 10.2 Å². The molecule has 4 rings (SSSR count). The summed E-state index contributed by atoms with van der Waals surface area (Å²) in [7, 11) is 0. The number of nitrogens with one attached hydrogen (secondary N) is 1. The van der Waals surface area contributed by atoms with Gasteiger partial charge in [0, 0.05) is 31.7 Å². The van der Waals surface area contributed by atoms with Crippen molar-refractivity contribution in [2.75, 3.05) is 36.8 Å². The van der Waals surface area contributed by atoms with Crippen molar-refractivity contribution < 1.29 is 0 Å². The average Bonchev–Trinajstić information content (AvgIpc) is 2.62. The number of piperazine rings is 1. The summed E-state index contributed by atoms with van der Waals surface area (Å²) in [6.07, 6.45) is 2.29. The molecule has 2 aliphatic rings. The molecule has 1 N–H and O–H groups in total. The molecule has 1 aromatic heterocycles. The lowest BCUT2D eigenvalue weighted by molar-refractivity contribution is 0.580. The van der Waals surface area contributed by atoms with Crippen LogP contribution in [0.1, 0.15) is 12.1 Å². The van der Waals surface area contributed by atoms with Crippen LogP contribution in [0.3, 0.4) is 0 Å². The van der Waals surface area contributed by atoms with E-state index in [2.05, 4.69) is 34.5 Å². The first-order valence-corrected chi connectivity index (χ1v) is 8.95. The van der Waals surface area contributed by atoms with E-state index in [4.69, 9.17) is 9.97 Å². The second-order valence-electron chi connectivity index (χ2n) is 5.70. The first-order chi connectivity index (χ1) is 10.9. The van der Waals surface area contributed by atoms with Gasteiger partial charge in [0.25, 0.3) is 0 Å². The smallest absolute Gasteiger partial charge is 0.161 e. The van der Waals surface area contributed by atoms with Gasteiger partial charge in [-0.25, -0.2) is 9.97 Å². The number of fused-ring (bicyclic) bond motifs is 1. The Morgan fingerprint density at radius 1 is 1.00 bits per heavy atom. The van der Waals surface area contributed by atoms with E-state index in [1.165, 1.54) is 22.8 Å². The van der Waals surface area contributed by atoms with Crippen LogP contribution in [0.15, 0.2) is 35.2 Å². The Morgan fingerprint density at radius 3 is 2.50 bits per heavy atom. The fourth-order valence-corrected chi connectivity index (χ4v) is 4.13. The molecule has 1 fully saturated rings. The third-order valence-electron chi connectivity index (χ3n) is 4.17. The number of hydrogen-bond acceptors (Lipinski definition) is 5. The minimum atomic E-state index is 0. The molecule has 7 heteroatoms. The van der Waals surface area contributed by atoms with Crippen LogP contribution >= 0.6 is 36.6 Å². The van der Waals surface area contributed by atoms with Crippen LogP contribution in [0.5, 0.6) is 0 Å². The van der Waals surface area contributed by atoms with Gasteiger partial charge in [-0.2, -0.15) is 0 Å². The summed E-state index contributed by atoms with van der Waals surface area (Å²) < 4.78 is 0. The second-order valence-corrected chi connectivity index (χ2v) is 6.81. The summed E-state index contributed by atoms with van der Waals surface area (Å²) in [6.45, 7) is 4.12. The summed E-state index contributed by atoms with van der Waals surface area (Å²) >= 11 is 1.93. The molecule has 0 aliphatic carbocycles. The standard InChI is InChI=1S/C17H20N4S.2ClH/c1-2-5-13(6-3-1)16-19-14-7-4-12-22-15(14)17(20-16)21-10-8-18-9-11-21;;/h1-3,5-6,18H,4,7-12H2;2*1H. The number of aromatic nitrogens is 2. The number of halogens is 2. The Bertz CT molecular complexity index is 663. The van der Waals surface area contributed by atoms with Gasteiger partial charge in [0.1, 0.15) is 5.82 Å². The molecule has 1 aromatic carbocycles. The Hall–Kier alpha value is -1.01. The molecule has 0 atom stereocenters. The van der Waals surface area contributed by atoms with E-state index in [-0.39, 0.29) is 24.8 Å². The summed E-state index contributed by atoms with van der Waals surface area (Å²) in [5, 5.41) is 3.42. The van der Waals surface area contributed by atoms with E-state index in [9.17, 15) is 0 Å². The van der Waals surface area contributed by atoms with Crippen molar-refractivity contribution in [1.29, 1.82) is 0 Å². The van der Waals surface area contributed by atoms with Crippen LogP contribution in [0.4, 0.5) is 5.82 Å². The highest BCUT2D eigenvalue weighted by Crippen LogP contribution is 2.37. The normalized spacial score (nSPS) is 16.6.